The molecule has 20 heavy (non-hydrogen) atoms. The van der Waals surface area contributed by atoms with E-state index in [9.17, 15) is 9.90 Å². The van der Waals surface area contributed by atoms with Gasteiger partial charge in [0, 0.05) is 12.6 Å². The molecule has 2 unspecified atom stereocenters. The number of benzene rings is 1. The van der Waals surface area contributed by atoms with E-state index in [2.05, 4.69) is 30.9 Å². The van der Waals surface area contributed by atoms with E-state index in [1.165, 1.54) is 5.56 Å². The molecule has 0 saturated carbocycles. The molecule has 0 aliphatic carbocycles. The Balaban J connectivity index is 2.27. The van der Waals surface area contributed by atoms with Crippen LogP contribution in [0.25, 0.3) is 0 Å². The molecule has 1 fully saturated rings. The fourth-order valence-corrected chi connectivity index (χ4v) is 2.79. The average molecular weight is 277 g/mol. The van der Waals surface area contributed by atoms with E-state index < -0.39 is 12.0 Å². The third-order valence-electron chi connectivity index (χ3n) is 3.73. The van der Waals surface area contributed by atoms with Gasteiger partial charge in [0.25, 0.3) is 0 Å². The molecule has 1 aliphatic rings. The summed E-state index contributed by atoms with van der Waals surface area (Å²) in [6, 6.07) is 9.78. The highest BCUT2D eigenvalue weighted by molar-refractivity contribution is 5.73. The molecule has 2 atom stereocenters. The minimum atomic E-state index is -0.797. The van der Waals surface area contributed by atoms with E-state index >= 15 is 0 Å². The van der Waals surface area contributed by atoms with E-state index in [1.54, 1.807) is 0 Å². The minimum absolute atomic E-state index is 0.140. The van der Waals surface area contributed by atoms with Crippen molar-refractivity contribution in [1.82, 2.24) is 4.90 Å². The first kappa shape index (κ1) is 15.0. The lowest BCUT2D eigenvalue weighted by atomic mass is 9.94. The molecular formula is C16H23NO3. The van der Waals surface area contributed by atoms with Crippen LogP contribution >= 0.6 is 0 Å². The highest BCUT2D eigenvalue weighted by atomic mass is 16.5. The van der Waals surface area contributed by atoms with Crippen LogP contribution in [0.1, 0.15) is 31.9 Å². The second-order valence-corrected chi connectivity index (χ2v) is 5.72. The zero-order chi connectivity index (χ0) is 14.5. The first-order chi connectivity index (χ1) is 9.59. The monoisotopic (exact) mass is 277 g/mol. The zero-order valence-corrected chi connectivity index (χ0v) is 12.2. The van der Waals surface area contributed by atoms with Crippen LogP contribution < -0.4 is 0 Å². The van der Waals surface area contributed by atoms with Gasteiger partial charge in [-0.1, -0.05) is 44.2 Å². The summed E-state index contributed by atoms with van der Waals surface area (Å²) >= 11 is 0. The van der Waals surface area contributed by atoms with Gasteiger partial charge >= 0.3 is 5.97 Å². The van der Waals surface area contributed by atoms with Crippen molar-refractivity contribution in [1.29, 1.82) is 0 Å². The maximum Gasteiger partial charge on any atom is 0.323 e. The lowest BCUT2D eigenvalue weighted by Gasteiger charge is -2.40. The summed E-state index contributed by atoms with van der Waals surface area (Å²) in [5.74, 6) is -0.285. The van der Waals surface area contributed by atoms with Crippen molar-refractivity contribution in [2.45, 2.75) is 32.4 Å². The van der Waals surface area contributed by atoms with Gasteiger partial charge in [0.15, 0.2) is 0 Å². The summed E-state index contributed by atoms with van der Waals surface area (Å²) in [7, 11) is 0. The van der Waals surface area contributed by atoms with Gasteiger partial charge in [-0.2, -0.15) is 0 Å². The molecule has 4 nitrogen and oxygen atoms in total. The largest absolute Gasteiger partial charge is 0.480 e. The summed E-state index contributed by atoms with van der Waals surface area (Å²) in [4.78, 5) is 13.5. The van der Waals surface area contributed by atoms with Crippen LogP contribution in [-0.4, -0.2) is 41.8 Å². The Bertz CT molecular complexity index is 433. The smallest absolute Gasteiger partial charge is 0.323 e. The predicted molar refractivity (Wildman–Crippen MR) is 77.6 cm³/mol. The van der Waals surface area contributed by atoms with Gasteiger partial charge < -0.3 is 9.84 Å². The molecule has 110 valence electrons. The number of carboxylic acids is 1. The Kier molecular flexibility index (Phi) is 5.15. The lowest BCUT2D eigenvalue weighted by molar-refractivity contribution is -0.152. The van der Waals surface area contributed by atoms with Crippen LogP contribution in [0.3, 0.4) is 0 Å². The molecule has 1 N–H and O–H groups in total. The Labute approximate surface area is 120 Å². The van der Waals surface area contributed by atoms with Crippen molar-refractivity contribution >= 4 is 5.97 Å². The Hall–Kier alpha value is -1.39. The van der Waals surface area contributed by atoms with Crippen LogP contribution in [0.15, 0.2) is 30.3 Å². The summed E-state index contributed by atoms with van der Waals surface area (Å²) in [6.45, 7) is 5.89. The zero-order valence-electron chi connectivity index (χ0n) is 12.2. The number of morpholine rings is 1. The minimum Gasteiger partial charge on any atom is -0.480 e. The van der Waals surface area contributed by atoms with E-state index in [0.29, 0.717) is 19.1 Å². The topological polar surface area (TPSA) is 49.8 Å². The number of rotatable bonds is 5. The molecular weight excluding hydrogens is 254 g/mol. The normalized spacial score (nSPS) is 21.9. The van der Waals surface area contributed by atoms with Crippen molar-refractivity contribution in [3.63, 3.8) is 0 Å². The molecule has 0 bridgehead atoms. The van der Waals surface area contributed by atoms with Crippen LogP contribution in [0.5, 0.6) is 0 Å². The third kappa shape index (κ3) is 3.58. The standard InChI is InChI=1S/C16H23NO3/c1-12(2)10-14(13-6-4-3-5-7-13)17-8-9-20-11-15(17)16(18)19/h3-7,12,14-15H,8-11H2,1-2H3,(H,18,19). The Morgan fingerprint density at radius 1 is 1.40 bits per heavy atom. The molecule has 0 radical (unpaired) electrons. The van der Waals surface area contributed by atoms with Crippen molar-refractivity contribution in [3.05, 3.63) is 35.9 Å². The molecule has 1 saturated heterocycles. The van der Waals surface area contributed by atoms with Crippen LogP contribution in [-0.2, 0) is 9.53 Å². The third-order valence-corrected chi connectivity index (χ3v) is 3.73. The van der Waals surface area contributed by atoms with E-state index in [4.69, 9.17) is 4.74 Å². The molecule has 0 aromatic heterocycles. The van der Waals surface area contributed by atoms with Gasteiger partial charge in [-0.15, -0.1) is 0 Å². The molecule has 0 amide bonds. The maximum atomic E-state index is 11.5. The second-order valence-electron chi connectivity index (χ2n) is 5.72. The summed E-state index contributed by atoms with van der Waals surface area (Å²) in [5, 5.41) is 9.42. The number of aliphatic carboxylic acids is 1. The first-order valence-corrected chi connectivity index (χ1v) is 7.21. The second kappa shape index (κ2) is 6.86. The van der Waals surface area contributed by atoms with E-state index in [0.717, 1.165) is 6.42 Å². The van der Waals surface area contributed by atoms with Gasteiger partial charge in [-0.25, -0.2) is 0 Å². The predicted octanol–water partition coefficient (Wildman–Crippen LogP) is 2.56. The maximum absolute atomic E-state index is 11.5. The van der Waals surface area contributed by atoms with Crippen molar-refractivity contribution < 1.29 is 14.6 Å². The van der Waals surface area contributed by atoms with E-state index in [1.807, 2.05) is 18.2 Å². The van der Waals surface area contributed by atoms with Gasteiger partial charge in [0.1, 0.15) is 6.04 Å². The highest BCUT2D eigenvalue weighted by Gasteiger charge is 2.35. The first-order valence-electron chi connectivity index (χ1n) is 7.21. The quantitative estimate of drug-likeness (QED) is 0.898. The number of hydrogen-bond donors (Lipinski definition) is 1. The van der Waals surface area contributed by atoms with Crippen molar-refractivity contribution in [2.75, 3.05) is 19.8 Å². The summed E-state index contributed by atoms with van der Waals surface area (Å²) in [6.07, 6.45) is 0.952. The molecule has 1 aromatic carbocycles. The van der Waals surface area contributed by atoms with Gasteiger partial charge in [0.05, 0.1) is 13.2 Å². The number of nitrogens with zero attached hydrogens (tertiary/aromatic N) is 1. The number of carboxylic acid groups (broad SMARTS) is 1. The van der Waals surface area contributed by atoms with Crippen molar-refractivity contribution in [2.24, 2.45) is 5.92 Å². The molecule has 2 rings (SSSR count). The molecule has 1 heterocycles. The fraction of sp³-hybridized carbons (Fsp3) is 0.562. The highest BCUT2D eigenvalue weighted by Crippen LogP contribution is 2.30. The number of ether oxygens (including phenoxy) is 1. The molecule has 4 heteroatoms. The number of hydrogen-bond acceptors (Lipinski definition) is 3. The molecule has 0 spiro atoms. The van der Waals surface area contributed by atoms with Crippen LogP contribution in [0.2, 0.25) is 0 Å². The van der Waals surface area contributed by atoms with Gasteiger partial charge in [-0.3, -0.25) is 9.69 Å². The van der Waals surface area contributed by atoms with E-state index in [-0.39, 0.29) is 12.6 Å². The average Bonchev–Trinajstić information content (AvgIpc) is 2.45. The molecule has 1 aromatic rings. The van der Waals surface area contributed by atoms with Crippen LogP contribution in [0.4, 0.5) is 0 Å². The SMILES string of the molecule is CC(C)CC(c1ccccc1)N1CCOCC1C(=O)O. The summed E-state index contributed by atoms with van der Waals surface area (Å²) < 4.78 is 5.34. The Morgan fingerprint density at radius 2 is 2.10 bits per heavy atom. The molecule has 1 aliphatic heterocycles. The lowest BCUT2D eigenvalue weighted by Crippen LogP contribution is -2.51. The Morgan fingerprint density at radius 3 is 2.70 bits per heavy atom. The summed E-state index contributed by atoms with van der Waals surface area (Å²) in [5.41, 5.74) is 1.19. The fourth-order valence-electron chi connectivity index (χ4n) is 2.79. The van der Waals surface area contributed by atoms with Gasteiger partial charge in [-0.05, 0) is 17.9 Å². The van der Waals surface area contributed by atoms with Crippen LogP contribution in [0, 0.1) is 5.92 Å². The van der Waals surface area contributed by atoms with Gasteiger partial charge in [0.2, 0.25) is 0 Å². The van der Waals surface area contributed by atoms with Crippen molar-refractivity contribution in [3.8, 4) is 0 Å². The number of carbonyl (C=O) groups is 1.